The molecule has 0 fully saturated rings. The fourth-order valence-corrected chi connectivity index (χ4v) is 2.03. The molecule has 0 bridgehead atoms. The van der Waals surface area contributed by atoms with E-state index in [0.29, 0.717) is 12.4 Å². The number of aryl methyl sites for hydroxylation is 1. The number of carbonyl (C=O) groups excluding carboxylic acids is 1. The molecular formula is C9H14N4O2. The van der Waals surface area contributed by atoms with E-state index in [1.165, 1.54) is 7.11 Å². The van der Waals surface area contributed by atoms with Crippen LogP contribution in [0.3, 0.4) is 0 Å². The van der Waals surface area contributed by atoms with Gasteiger partial charge in [-0.15, -0.1) is 0 Å². The summed E-state index contributed by atoms with van der Waals surface area (Å²) < 4.78 is 6.41. The molecule has 6 nitrogen and oxygen atoms in total. The first-order chi connectivity index (χ1) is 7.06. The zero-order chi connectivity index (χ0) is 11.2. The molecular weight excluding hydrogens is 196 g/mol. The van der Waals surface area contributed by atoms with Crippen LogP contribution in [-0.2, 0) is 18.3 Å². The highest BCUT2D eigenvalue weighted by atomic mass is 16.5. The molecule has 1 aromatic rings. The number of aromatic nitrogens is 2. The first-order valence-corrected chi connectivity index (χ1v) is 4.72. The number of rotatable bonds is 0. The Morgan fingerprint density at radius 2 is 2.33 bits per heavy atom. The minimum Gasteiger partial charge on any atom is -0.453 e. The molecule has 82 valence electrons. The summed E-state index contributed by atoms with van der Waals surface area (Å²) >= 11 is 0. The Bertz CT molecular complexity index is 412. The van der Waals surface area contributed by atoms with Gasteiger partial charge in [0.25, 0.3) is 0 Å². The number of methoxy groups -OCH3 is 1. The third-order valence-electron chi connectivity index (χ3n) is 2.85. The van der Waals surface area contributed by atoms with E-state index >= 15 is 0 Å². The number of nitrogen functional groups attached to an aromatic ring is 1. The first kappa shape index (κ1) is 9.82. The van der Waals surface area contributed by atoms with Gasteiger partial charge in [0.2, 0.25) is 0 Å². The average molecular weight is 210 g/mol. The molecule has 0 spiro atoms. The molecule has 6 heteroatoms. The predicted molar refractivity (Wildman–Crippen MR) is 54.0 cm³/mol. The van der Waals surface area contributed by atoms with Crippen LogP contribution in [0.2, 0.25) is 0 Å². The van der Waals surface area contributed by atoms with Crippen molar-refractivity contribution in [3.05, 3.63) is 11.3 Å². The van der Waals surface area contributed by atoms with Crippen LogP contribution in [0, 0.1) is 0 Å². The zero-order valence-corrected chi connectivity index (χ0v) is 9.02. The Morgan fingerprint density at radius 3 is 2.87 bits per heavy atom. The second-order valence-electron chi connectivity index (χ2n) is 3.64. The van der Waals surface area contributed by atoms with Crippen molar-refractivity contribution in [2.24, 2.45) is 7.05 Å². The highest BCUT2D eigenvalue weighted by Crippen LogP contribution is 2.36. The molecule has 0 aliphatic carbocycles. The highest BCUT2D eigenvalue weighted by Gasteiger charge is 2.35. The Kier molecular flexibility index (Phi) is 2.06. The molecule has 2 rings (SSSR count). The number of nitrogens with zero attached hydrogens (tertiary/aromatic N) is 3. The van der Waals surface area contributed by atoms with Crippen molar-refractivity contribution in [2.45, 2.75) is 19.5 Å². The predicted octanol–water partition coefficient (Wildman–Crippen LogP) is 0.645. The maximum Gasteiger partial charge on any atom is 0.410 e. The molecule has 0 aromatic carbocycles. The molecule has 0 saturated heterocycles. The average Bonchev–Trinajstić information content (AvgIpc) is 2.67. The Hall–Kier alpha value is -1.72. The molecule has 15 heavy (non-hydrogen) atoms. The summed E-state index contributed by atoms with van der Waals surface area (Å²) in [4.78, 5) is 13.1. The lowest BCUT2D eigenvalue weighted by Crippen LogP contribution is -2.28. The van der Waals surface area contributed by atoms with Gasteiger partial charge in [0.05, 0.1) is 25.4 Å². The van der Waals surface area contributed by atoms with Crippen molar-refractivity contribution in [1.29, 1.82) is 0 Å². The summed E-state index contributed by atoms with van der Waals surface area (Å²) in [5, 5.41) is 4.12. The fraction of sp³-hybridized carbons (Fsp3) is 0.556. The quantitative estimate of drug-likeness (QED) is 0.682. The topological polar surface area (TPSA) is 73.4 Å². The van der Waals surface area contributed by atoms with Crippen molar-refractivity contribution >= 4 is 11.9 Å². The fourth-order valence-electron chi connectivity index (χ4n) is 2.03. The van der Waals surface area contributed by atoms with E-state index in [2.05, 4.69) is 5.10 Å². The number of carbonyl (C=O) groups is 1. The van der Waals surface area contributed by atoms with E-state index in [1.54, 1.807) is 9.58 Å². The summed E-state index contributed by atoms with van der Waals surface area (Å²) in [6, 6.07) is -0.0684. The van der Waals surface area contributed by atoms with Gasteiger partial charge >= 0.3 is 6.09 Å². The van der Waals surface area contributed by atoms with Crippen LogP contribution in [0.1, 0.15) is 24.2 Å². The maximum atomic E-state index is 11.4. The number of ether oxygens (including phenoxy) is 1. The van der Waals surface area contributed by atoms with E-state index in [4.69, 9.17) is 10.5 Å². The molecule has 1 amide bonds. The van der Waals surface area contributed by atoms with Crippen LogP contribution in [-0.4, -0.2) is 27.9 Å². The second kappa shape index (κ2) is 3.15. The van der Waals surface area contributed by atoms with Gasteiger partial charge in [-0.1, -0.05) is 0 Å². The second-order valence-corrected chi connectivity index (χ2v) is 3.64. The smallest absolute Gasteiger partial charge is 0.410 e. The summed E-state index contributed by atoms with van der Waals surface area (Å²) in [6.07, 6.45) is -0.335. The minimum absolute atomic E-state index is 0.0684. The van der Waals surface area contributed by atoms with Crippen molar-refractivity contribution in [3.8, 4) is 0 Å². The molecule has 1 unspecified atom stereocenters. The normalized spacial score (nSPS) is 19.1. The minimum atomic E-state index is -0.335. The number of anilines is 1. The van der Waals surface area contributed by atoms with Crippen LogP contribution in [0.5, 0.6) is 0 Å². The maximum absolute atomic E-state index is 11.4. The lowest BCUT2D eigenvalue weighted by molar-refractivity contribution is 0.111. The standard InChI is InChI=1S/C9H14N4O2/c1-5-7-6(12(2)11-8(7)10)4-13(5)9(14)15-3/h5H,4H2,1-3H3,(H2,10,11). The monoisotopic (exact) mass is 210 g/mol. The van der Waals surface area contributed by atoms with Crippen LogP contribution in [0.4, 0.5) is 10.6 Å². The van der Waals surface area contributed by atoms with Gasteiger partial charge in [-0.25, -0.2) is 4.79 Å². The van der Waals surface area contributed by atoms with Crippen LogP contribution in [0.15, 0.2) is 0 Å². The van der Waals surface area contributed by atoms with Crippen LogP contribution >= 0.6 is 0 Å². The molecule has 1 aliphatic rings. The van der Waals surface area contributed by atoms with E-state index in [0.717, 1.165) is 11.3 Å². The molecule has 2 heterocycles. The summed E-state index contributed by atoms with van der Waals surface area (Å²) in [6.45, 7) is 2.42. The molecule has 1 atom stereocenters. The van der Waals surface area contributed by atoms with Gasteiger partial charge in [0.1, 0.15) is 0 Å². The van der Waals surface area contributed by atoms with Gasteiger partial charge in [-0.2, -0.15) is 5.10 Å². The van der Waals surface area contributed by atoms with Crippen molar-refractivity contribution in [1.82, 2.24) is 14.7 Å². The number of hydrogen-bond donors (Lipinski definition) is 1. The van der Waals surface area contributed by atoms with E-state index < -0.39 is 0 Å². The zero-order valence-electron chi connectivity index (χ0n) is 9.02. The molecule has 1 aliphatic heterocycles. The van der Waals surface area contributed by atoms with E-state index in [1.807, 2.05) is 14.0 Å². The van der Waals surface area contributed by atoms with E-state index in [-0.39, 0.29) is 12.1 Å². The summed E-state index contributed by atoms with van der Waals surface area (Å²) in [5.74, 6) is 0.492. The third kappa shape index (κ3) is 1.25. The van der Waals surface area contributed by atoms with Crippen LogP contribution in [0.25, 0.3) is 0 Å². The van der Waals surface area contributed by atoms with Gasteiger partial charge < -0.3 is 10.5 Å². The van der Waals surface area contributed by atoms with Gasteiger partial charge in [-0.3, -0.25) is 9.58 Å². The largest absolute Gasteiger partial charge is 0.453 e. The SMILES string of the molecule is COC(=O)N1Cc2c(c(N)nn2C)C1C. The number of fused-ring (bicyclic) bond motifs is 1. The molecule has 2 N–H and O–H groups in total. The summed E-state index contributed by atoms with van der Waals surface area (Å²) in [5.41, 5.74) is 7.69. The Balaban J connectivity index is 2.37. The molecule has 0 saturated carbocycles. The summed E-state index contributed by atoms with van der Waals surface area (Å²) in [7, 11) is 3.20. The highest BCUT2D eigenvalue weighted by molar-refractivity contribution is 5.70. The van der Waals surface area contributed by atoms with Crippen molar-refractivity contribution in [3.63, 3.8) is 0 Å². The number of amides is 1. The third-order valence-corrected chi connectivity index (χ3v) is 2.85. The lowest BCUT2D eigenvalue weighted by atomic mass is 10.1. The lowest BCUT2D eigenvalue weighted by Gasteiger charge is -2.20. The molecule has 0 radical (unpaired) electrons. The number of hydrogen-bond acceptors (Lipinski definition) is 4. The van der Waals surface area contributed by atoms with Gasteiger partial charge in [0.15, 0.2) is 5.82 Å². The Labute approximate surface area is 87.6 Å². The van der Waals surface area contributed by atoms with Gasteiger partial charge in [-0.05, 0) is 6.92 Å². The van der Waals surface area contributed by atoms with Crippen molar-refractivity contribution in [2.75, 3.05) is 12.8 Å². The van der Waals surface area contributed by atoms with Gasteiger partial charge in [0, 0.05) is 12.6 Å². The number of nitrogens with two attached hydrogens (primary N) is 1. The van der Waals surface area contributed by atoms with Crippen molar-refractivity contribution < 1.29 is 9.53 Å². The molecule has 1 aromatic heterocycles. The first-order valence-electron chi connectivity index (χ1n) is 4.72. The van der Waals surface area contributed by atoms with Crippen LogP contribution < -0.4 is 5.73 Å². The van der Waals surface area contributed by atoms with E-state index in [9.17, 15) is 4.79 Å². The Morgan fingerprint density at radius 1 is 1.67 bits per heavy atom.